The molecule has 3 atom stereocenters. The Bertz CT molecular complexity index is 1120. The summed E-state index contributed by atoms with van der Waals surface area (Å²) < 4.78 is 0. The second kappa shape index (κ2) is 12.3. The van der Waals surface area contributed by atoms with Gasteiger partial charge in [-0.1, -0.05) is 112 Å². The standard InChI is InChI=1S/C13H21NO.C12H11Si.C9H13.Zr/c1-11-3-9-4-12(2,6-11)8-13(5-9,7-11)10(14)15;1-3-7-11(8-4-1)13-12-9-5-2-6-10-12;1-6-5-7(2)9(4)8(6)3;/h9H,3-8H2,1-2H3,(H2,14,15);1-10,13H;6H,1-4H3;/q;;-1;+2/p-1. The first-order valence-electron chi connectivity index (χ1n) is 13.9. The van der Waals surface area contributed by atoms with Gasteiger partial charge in [-0.05, 0) is 55.3 Å². The molecule has 1 N–H and O–H groups in total. The van der Waals surface area contributed by atoms with E-state index in [9.17, 15) is 4.79 Å². The fourth-order valence-electron chi connectivity index (χ4n) is 8.15. The number of rotatable bonds is 3. The number of carbonyl (C=O) groups is 1. The maximum atomic E-state index is 11.6. The largest absolute Gasteiger partial charge is 2.00 e. The van der Waals surface area contributed by atoms with Gasteiger partial charge >= 0.3 is 26.2 Å². The molecule has 4 fully saturated rings. The fraction of sp³-hybridized carbons (Fsp3) is 0.500. The van der Waals surface area contributed by atoms with Gasteiger partial charge in [0, 0.05) is 5.41 Å². The third-order valence-electron chi connectivity index (χ3n) is 9.28. The second-order valence-electron chi connectivity index (χ2n) is 13.0. The van der Waals surface area contributed by atoms with Crippen LogP contribution in [0.15, 0.2) is 77.4 Å². The molecule has 4 bridgehead atoms. The van der Waals surface area contributed by atoms with Crippen LogP contribution in [0.3, 0.4) is 0 Å². The van der Waals surface area contributed by atoms with E-state index in [4.69, 9.17) is 5.73 Å². The van der Waals surface area contributed by atoms with Crippen LogP contribution < -0.4 is 10.4 Å². The summed E-state index contributed by atoms with van der Waals surface area (Å²) in [6.07, 6.45) is 10.3. The molecule has 0 aliphatic heterocycles. The minimum absolute atomic E-state index is 0. The molecule has 7 rings (SSSR count). The van der Waals surface area contributed by atoms with Gasteiger partial charge in [-0.25, -0.2) is 5.57 Å². The minimum atomic E-state index is -0.274. The van der Waals surface area contributed by atoms with Crippen LogP contribution in [-0.2, 0) is 31.0 Å². The van der Waals surface area contributed by atoms with Gasteiger partial charge in [-0.15, -0.1) is 6.92 Å². The maximum absolute atomic E-state index is 11.6. The zero-order valence-corrected chi connectivity index (χ0v) is 27.8. The van der Waals surface area contributed by atoms with E-state index < -0.39 is 0 Å². The number of benzene rings is 2. The van der Waals surface area contributed by atoms with Crippen LogP contribution in [0, 0.1) is 34.2 Å². The van der Waals surface area contributed by atoms with Crippen molar-refractivity contribution in [2.75, 3.05) is 0 Å². The average molecular weight is 602 g/mol. The molecular weight excluding hydrogens is 558 g/mol. The maximum Gasteiger partial charge on any atom is 2.00 e. The zero-order valence-electron chi connectivity index (χ0n) is 24.2. The summed E-state index contributed by atoms with van der Waals surface area (Å²) in [6.45, 7) is 13.4. The molecule has 4 heteroatoms. The molecule has 0 heterocycles. The van der Waals surface area contributed by atoms with Crippen LogP contribution in [0.25, 0.3) is 5.73 Å². The molecule has 2 aromatic carbocycles. The molecule has 1 radical (unpaired) electrons. The van der Waals surface area contributed by atoms with Crippen LogP contribution in [-0.4, -0.2) is 15.4 Å². The molecule has 4 saturated carbocycles. The summed E-state index contributed by atoms with van der Waals surface area (Å²) in [5, 5.41) is 2.90. The van der Waals surface area contributed by atoms with Crippen LogP contribution >= 0.6 is 0 Å². The quantitative estimate of drug-likeness (QED) is 0.268. The van der Waals surface area contributed by atoms with Gasteiger partial charge in [-0.2, -0.15) is 11.1 Å². The van der Waals surface area contributed by atoms with Gasteiger partial charge in [0.25, 0.3) is 0 Å². The Balaban J connectivity index is 0.000000161. The first kappa shape index (κ1) is 31.0. The Morgan fingerprint density at radius 1 is 0.842 bits per heavy atom. The zero-order chi connectivity index (χ0) is 26.8. The molecule has 0 saturated heterocycles. The Hall–Kier alpha value is -1.51. The molecular formula is C34H44NOSiZr. The monoisotopic (exact) mass is 600 g/mol. The molecule has 5 aliphatic carbocycles. The fourth-order valence-corrected chi connectivity index (χ4v) is 9.37. The molecule has 5 aliphatic rings. The van der Waals surface area contributed by atoms with Gasteiger partial charge in [0.15, 0.2) is 0 Å². The van der Waals surface area contributed by atoms with Crippen molar-refractivity contribution in [1.29, 1.82) is 0 Å². The third-order valence-corrected chi connectivity index (χ3v) is 10.7. The molecule has 0 aromatic heterocycles. The van der Waals surface area contributed by atoms with Crippen molar-refractivity contribution in [2.24, 2.45) is 28.1 Å². The predicted octanol–water partition coefficient (Wildman–Crippen LogP) is 7.36. The van der Waals surface area contributed by atoms with Crippen molar-refractivity contribution in [2.45, 2.75) is 80.1 Å². The van der Waals surface area contributed by atoms with Crippen molar-refractivity contribution in [3.63, 3.8) is 0 Å². The Morgan fingerprint density at radius 3 is 1.63 bits per heavy atom. The van der Waals surface area contributed by atoms with Crippen LogP contribution in [0.4, 0.5) is 0 Å². The average Bonchev–Trinajstić information content (AvgIpc) is 3.04. The number of hydrogen-bond donors (Lipinski definition) is 0. The first-order chi connectivity index (χ1) is 17.4. The second-order valence-corrected chi connectivity index (χ2v) is 14.6. The van der Waals surface area contributed by atoms with Crippen molar-refractivity contribution < 1.29 is 31.0 Å². The first-order valence-corrected chi connectivity index (χ1v) is 15.1. The van der Waals surface area contributed by atoms with Gasteiger partial charge < -0.3 is 10.5 Å². The SMILES string of the molecule is CC12CC3CC(C)(C1)CC(C([NH-])=O)(C3)C2.CC1=[C-]C(C)C(C)=C1C.[Zr+2].c1ccc([SiH]c2ccccc2)cc1. The normalized spacial score (nSPS) is 32.3. The summed E-state index contributed by atoms with van der Waals surface area (Å²) in [4.78, 5) is 11.6. The minimum Gasteiger partial charge on any atom is -0.667 e. The number of allylic oxidation sites excluding steroid dienone is 4. The van der Waals surface area contributed by atoms with Crippen LogP contribution in [0.1, 0.15) is 80.1 Å². The van der Waals surface area contributed by atoms with Gasteiger partial charge in [-0.3, -0.25) is 6.08 Å². The van der Waals surface area contributed by atoms with Crippen LogP contribution in [0.2, 0.25) is 0 Å². The summed E-state index contributed by atoms with van der Waals surface area (Å²) in [5.74, 6) is 1.01. The van der Waals surface area contributed by atoms with E-state index in [-0.39, 0.29) is 47.0 Å². The number of amides is 1. The number of hydrogen-bond acceptors (Lipinski definition) is 1. The third kappa shape index (κ3) is 7.16. The van der Waals surface area contributed by atoms with E-state index >= 15 is 0 Å². The Labute approximate surface area is 252 Å². The topological polar surface area (TPSA) is 40.9 Å². The number of nitrogens with one attached hydrogen (secondary N) is 1. The van der Waals surface area contributed by atoms with E-state index in [2.05, 4.69) is 108 Å². The van der Waals surface area contributed by atoms with Gasteiger partial charge in [0.2, 0.25) is 0 Å². The molecule has 2 nitrogen and oxygen atoms in total. The Morgan fingerprint density at radius 2 is 1.32 bits per heavy atom. The van der Waals surface area contributed by atoms with Crippen molar-refractivity contribution in [3.05, 3.63) is 89.2 Å². The molecule has 0 spiro atoms. The Kier molecular flexibility index (Phi) is 10.1. The summed E-state index contributed by atoms with van der Waals surface area (Å²) in [6, 6.07) is 21.3. The van der Waals surface area contributed by atoms with Crippen molar-refractivity contribution in [1.82, 2.24) is 0 Å². The van der Waals surface area contributed by atoms with Crippen molar-refractivity contribution in [3.8, 4) is 0 Å². The molecule has 38 heavy (non-hydrogen) atoms. The van der Waals surface area contributed by atoms with Crippen LogP contribution in [0.5, 0.6) is 0 Å². The predicted molar refractivity (Wildman–Crippen MR) is 158 cm³/mol. The summed E-state index contributed by atoms with van der Waals surface area (Å²) >= 11 is 0. The molecule has 3 unspecified atom stereocenters. The molecule has 199 valence electrons. The molecule has 2 aromatic rings. The van der Waals surface area contributed by atoms with E-state index in [1.807, 2.05) is 0 Å². The van der Waals surface area contributed by atoms with Gasteiger partial charge in [0.1, 0.15) is 9.52 Å². The van der Waals surface area contributed by atoms with E-state index in [1.54, 1.807) is 0 Å². The summed E-state index contributed by atoms with van der Waals surface area (Å²) in [7, 11) is 0.271. The van der Waals surface area contributed by atoms with E-state index in [1.165, 1.54) is 46.4 Å². The smallest absolute Gasteiger partial charge is 0.667 e. The van der Waals surface area contributed by atoms with E-state index in [0.29, 0.717) is 16.7 Å². The number of carbonyl (C=O) groups excluding carboxylic acids is 1. The van der Waals surface area contributed by atoms with E-state index in [0.717, 1.165) is 25.2 Å². The molecule has 1 amide bonds. The summed E-state index contributed by atoms with van der Waals surface area (Å²) in [5.41, 5.74) is 12.3. The van der Waals surface area contributed by atoms with Crippen molar-refractivity contribution >= 4 is 25.8 Å². The van der Waals surface area contributed by atoms with Gasteiger partial charge in [0.05, 0.1) is 5.91 Å².